The van der Waals surface area contributed by atoms with Crippen LogP contribution in [0.2, 0.25) is 5.02 Å². The largest absolute Gasteiger partial charge is 0.312 e. The average molecular weight is 279 g/mol. The molecule has 1 aromatic rings. The van der Waals surface area contributed by atoms with E-state index in [0.29, 0.717) is 12.0 Å². The third-order valence-corrected chi connectivity index (χ3v) is 5.14. The zero-order valence-electron chi connectivity index (χ0n) is 11.6. The van der Waals surface area contributed by atoms with Crippen LogP contribution in [0, 0.1) is 0 Å². The summed E-state index contributed by atoms with van der Waals surface area (Å²) < 4.78 is 0. The number of likely N-dealkylation sites (N-methyl/N-ethyl adjacent to an activating group) is 1. The zero-order valence-corrected chi connectivity index (χ0v) is 12.4. The highest BCUT2D eigenvalue weighted by molar-refractivity contribution is 6.31. The molecule has 1 unspecified atom stereocenters. The fourth-order valence-corrected chi connectivity index (χ4v) is 3.67. The van der Waals surface area contributed by atoms with Crippen molar-refractivity contribution in [1.29, 1.82) is 0 Å². The van der Waals surface area contributed by atoms with Gasteiger partial charge < -0.3 is 10.2 Å². The molecule has 0 aromatic heterocycles. The van der Waals surface area contributed by atoms with Crippen molar-refractivity contribution in [3.63, 3.8) is 0 Å². The van der Waals surface area contributed by atoms with Gasteiger partial charge in [-0.05, 0) is 56.8 Å². The van der Waals surface area contributed by atoms with Gasteiger partial charge in [0.05, 0.1) is 0 Å². The molecule has 2 nitrogen and oxygen atoms in total. The van der Waals surface area contributed by atoms with Crippen molar-refractivity contribution in [2.75, 3.05) is 20.1 Å². The van der Waals surface area contributed by atoms with E-state index >= 15 is 0 Å². The highest BCUT2D eigenvalue weighted by Gasteiger charge is 2.32. The molecule has 1 aliphatic carbocycles. The van der Waals surface area contributed by atoms with E-state index in [-0.39, 0.29) is 0 Å². The van der Waals surface area contributed by atoms with Crippen molar-refractivity contribution in [1.82, 2.24) is 10.2 Å². The SMILES string of the molecule is CN1CCCC1CNC1CC(c2ccccc2Cl)C1. The predicted octanol–water partition coefficient (Wildman–Crippen LogP) is 3.27. The molecule has 1 aromatic carbocycles. The molecule has 1 saturated heterocycles. The molecule has 0 bridgehead atoms. The molecule has 0 spiro atoms. The Morgan fingerprint density at radius 3 is 2.79 bits per heavy atom. The van der Waals surface area contributed by atoms with E-state index < -0.39 is 0 Å². The summed E-state index contributed by atoms with van der Waals surface area (Å²) >= 11 is 6.25. The van der Waals surface area contributed by atoms with Crippen molar-refractivity contribution in [3.8, 4) is 0 Å². The average Bonchev–Trinajstić information content (AvgIpc) is 2.75. The molecule has 3 rings (SSSR count). The summed E-state index contributed by atoms with van der Waals surface area (Å²) in [4.78, 5) is 2.48. The van der Waals surface area contributed by atoms with E-state index in [1.54, 1.807) is 0 Å². The predicted molar refractivity (Wildman–Crippen MR) is 80.9 cm³/mol. The van der Waals surface area contributed by atoms with Gasteiger partial charge in [-0.25, -0.2) is 0 Å². The van der Waals surface area contributed by atoms with Crippen LogP contribution in [0.3, 0.4) is 0 Å². The van der Waals surface area contributed by atoms with E-state index in [9.17, 15) is 0 Å². The van der Waals surface area contributed by atoms with Gasteiger partial charge in [0, 0.05) is 23.7 Å². The highest BCUT2D eigenvalue weighted by atomic mass is 35.5. The molecule has 0 amide bonds. The van der Waals surface area contributed by atoms with Gasteiger partial charge in [0.25, 0.3) is 0 Å². The Labute approximate surface area is 121 Å². The van der Waals surface area contributed by atoms with Crippen LogP contribution in [0.15, 0.2) is 24.3 Å². The summed E-state index contributed by atoms with van der Waals surface area (Å²) in [6, 6.07) is 9.72. The number of nitrogens with one attached hydrogen (secondary N) is 1. The Balaban J connectivity index is 1.44. The standard InChI is InChI=1S/C16H23ClN2/c1-19-8-4-5-14(19)11-18-13-9-12(10-13)15-6-2-3-7-16(15)17/h2-3,6-7,12-14,18H,4-5,8-11H2,1H3. The number of nitrogens with zero attached hydrogens (tertiary/aromatic N) is 1. The van der Waals surface area contributed by atoms with Gasteiger partial charge in [-0.3, -0.25) is 0 Å². The Kier molecular flexibility index (Phi) is 4.11. The van der Waals surface area contributed by atoms with Gasteiger partial charge in [0.2, 0.25) is 0 Å². The second-order valence-electron chi connectivity index (χ2n) is 6.07. The van der Waals surface area contributed by atoms with Gasteiger partial charge in [0.15, 0.2) is 0 Å². The van der Waals surface area contributed by atoms with Gasteiger partial charge in [-0.2, -0.15) is 0 Å². The molecule has 1 atom stereocenters. The van der Waals surface area contributed by atoms with E-state index in [2.05, 4.69) is 29.4 Å². The molecule has 1 aliphatic heterocycles. The van der Waals surface area contributed by atoms with E-state index in [1.165, 1.54) is 37.8 Å². The lowest BCUT2D eigenvalue weighted by atomic mass is 9.76. The Bertz CT molecular complexity index is 429. The van der Waals surface area contributed by atoms with E-state index in [1.807, 2.05) is 12.1 Å². The molecule has 3 heteroatoms. The van der Waals surface area contributed by atoms with Crippen LogP contribution >= 0.6 is 11.6 Å². The topological polar surface area (TPSA) is 15.3 Å². The lowest BCUT2D eigenvalue weighted by Gasteiger charge is -2.38. The maximum absolute atomic E-state index is 6.25. The zero-order chi connectivity index (χ0) is 13.2. The number of benzene rings is 1. The third-order valence-electron chi connectivity index (χ3n) is 4.80. The maximum Gasteiger partial charge on any atom is 0.0440 e. The van der Waals surface area contributed by atoms with Gasteiger partial charge in [-0.15, -0.1) is 0 Å². The number of likely N-dealkylation sites (tertiary alicyclic amines) is 1. The molecular formula is C16H23ClN2. The highest BCUT2D eigenvalue weighted by Crippen LogP contribution is 2.39. The monoisotopic (exact) mass is 278 g/mol. The van der Waals surface area contributed by atoms with Crippen molar-refractivity contribution in [2.45, 2.75) is 43.7 Å². The number of hydrogen-bond donors (Lipinski definition) is 1. The fourth-order valence-electron chi connectivity index (χ4n) is 3.38. The number of hydrogen-bond acceptors (Lipinski definition) is 2. The van der Waals surface area contributed by atoms with Crippen LogP contribution in [-0.2, 0) is 0 Å². The second kappa shape index (κ2) is 5.82. The van der Waals surface area contributed by atoms with Crippen LogP contribution in [0.1, 0.15) is 37.2 Å². The van der Waals surface area contributed by atoms with Crippen molar-refractivity contribution < 1.29 is 0 Å². The van der Waals surface area contributed by atoms with Crippen LogP contribution in [0.4, 0.5) is 0 Å². The first-order valence-corrected chi connectivity index (χ1v) is 7.80. The lowest BCUT2D eigenvalue weighted by molar-refractivity contribution is 0.245. The lowest BCUT2D eigenvalue weighted by Crippen LogP contribution is -2.45. The molecule has 1 saturated carbocycles. The van der Waals surface area contributed by atoms with Crippen molar-refractivity contribution in [3.05, 3.63) is 34.9 Å². The summed E-state index contributed by atoms with van der Waals surface area (Å²) in [5, 5.41) is 4.66. The van der Waals surface area contributed by atoms with Crippen LogP contribution in [0.25, 0.3) is 0 Å². The Morgan fingerprint density at radius 2 is 2.11 bits per heavy atom. The number of halogens is 1. The minimum absolute atomic E-state index is 0.660. The molecule has 0 radical (unpaired) electrons. The molecule has 2 aliphatic rings. The van der Waals surface area contributed by atoms with Crippen molar-refractivity contribution in [2.24, 2.45) is 0 Å². The summed E-state index contributed by atoms with van der Waals surface area (Å²) in [5.74, 6) is 0.660. The second-order valence-corrected chi connectivity index (χ2v) is 6.48. The summed E-state index contributed by atoms with van der Waals surface area (Å²) in [6.07, 6.45) is 5.18. The normalized spacial score (nSPS) is 31.4. The third kappa shape index (κ3) is 2.96. The van der Waals surface area contributed by atoms with E-state index in [0.717, 1.165) is 17.6 Å². The molecule has 1 heterocycles. The first kappa shape index (κ1) is 13.4. The summed E-state index contributed by atoms with van der Waals surface area (Å²) in [5.41, 5.74) is 1.33. The van der Waals surface area contributed by atoms with Gasteiger partial charge in [0.1, 0.15) is 0 Å². The maximum atomic E-state index is 6.25. The van der Waals surface area contributed by atoms with Crippen LogP contribution < -0.4 is 5.32 Å². The van der Waals surface area contributed by atoms with Crippen LogP contribution in [-0.4, -0.2) is 37.1 Å². The Hall–Kier alpha value is -0.570. The minimum atomic E-state index is 0.660. The summed E-state index contributed by atoms with van der Waals surface area (Å²) in [6.45, 7) is 2.41. The van der Waals surface area contributed by atoms with E-state index in [4.69, 9.17) is 11.6 Å². The molecule has 2 fully saturated rings. The first-order chi connectivity index (χ1) is 9.24. The first-order valence-electron chi connectivity index (χ1n) is 7.42. The summed E-state index contributed by atoms with van der Waals surface area (Å²) in [7, 11) is 2.24. The molecular weight excluding hydrogens is 256 g/mol. The van der Waals surface area contributed by atoms with Gasteiger partial charge >= 0.3 is 0 Å². The Morgan fingerprint density at radius 1 is 1.32 bits per heavy atom. The fraction of sp³-hybridized carbons (Fsp3) is 0.625. The smallest absolute Gasteiger partial charge is 0.0440 e. The molecule has 1 N–H and O–H groups in total. The quantitative estimate of drug-likeness (QED) is 0.909. The number of rotatable bonds is 4. The van der Waals surface area contributed by atoms with Gasteiger partial charge in [-0.1, -0.05) is 29.8 Å². The van der Waals surface area contributed by atoms with Crippen LogP contribution in [0.5, 0.6) is 0 Å². The molecule has 104 valence electrons. The van der Waals surface area contributed by atoms with Crippen molar-refractivity contribution >= 4 is 11.6 Å². The minimum Gasteiger partial charge on any atom is -0.312 e. The molecule has 19 heavy (non-hydrogen) atoms.